The molecule has 2 heteroatoms. The average molecular weight is 292 g/mol. The maximum absolute atomic E-state index is 10.5. The normalized spacial score (nSPS) is 60.0. The molecular weight excluding hydrogens is 260 g/mol. The molecule has 0 radical (unpaired) electrons. The van der Waals surface area contributed by atoms with E-state index >= 15 is 0 Å². The lowest BCUT2D eigenvalue weighted by molar-refractivity contribution is -0.137. The van der Waals surface area contributed by atoms with Crippen molar-refractivity contribution < 1.29 is 10.2 Å². The Hall–Kier alpha value is -0.0800. The van der Waals surface area contributed by atoms with E-state index in [-0.39, 0.29) is 17.6 Å². The highest BCUT2D eigenvalue weighted by atomic mass is 16.3. The summed E-state index contributed by atoms with van der Waals surface area (Å²) >= 11 is 0. The Morgan fingerprint density at radius 2 is 1.48 bits per heavy atom. The van der Waals surface area contributed by atoms with Crippen molar-refractivity contribution in [2.45, 2.75) is 83.8 Å². The number of aliphatic hydroxyl groups excluding tert-OH is 2. The molecule has 0 saturated heterocycles. The van der Waals surface area contributed by atoms with Gasteiger partial charge in [-0.1, -0.05) is 13.8 Å². The van der Waals surface area contributed by atoms with Crippen molar-refractivity contribution in [3.8, 4) is 0 Å². The van der Waals surface area contributed by atoms with E-state index in [1.54, 1.807) is 0 Å². The first-order valence-electron chi connectivity index (χ1n) is 9.31. The van der Waals surface area contributed by atoms with Crippen LogP contribution < -0.4 is 0 Å². The number of rotatable bonds is 0. The Labute approximate surface area is 129 Å². The second-order valence-corrected chi connectivity index (χ2v) is 9.23. The van der Waals surface area contributed by atoms with E-state index in [4.69, 9.17) is 0 Å². The molecule has 0 spiro atoms. The fraction of sp³-hybridized carbons (Fsp3) is 1.00. The van der Waals surface area contributed by atoms with Crippen molar-refractivity contribution in [3.63, 3.8) is 0 Å². The third-order valence-corrected chi connectivity index (χ3v) is 8.54. The number of hydrogen-bond donors (Lipinski definition) is 2. The lowest BCUT2D eigenvalue weighted by Gasteiger charge is -2.60. The van der Waals surface area contributed by atoms with Gasteiger partial charge in [-0.15, -0.1) is 0 Å². The zero-order chi connectivity index (χ0) is 14.8. The molecule has 0 aromatic heterocycles. The Balaban J connectivity index is 1.64. The molecule has 8 atom stereocenters. The molecule has 0 aromatic rings. The smallest absolute Gasteiger partial charge is 0.0596 e. The van der Waals surface area contributed by atoms with Gasteiger partial charge in [-0.3, -0.25) is 0 Å². The zero-order valence-electron chi connectivity index (χ0n) is 13.7. The third-order valence-electron chi connectivity index (χ3n) is 8.54. The van der Waals surface area contributed by atoms with Gasteiger partial charge in [0, 0.05) is 0 Å². The molecule has 0 aliphatic heterocycles. The molecule has 0 heterocycles. The molecule has 4 saturated carbocycles. The van der Waals surface area contributed by atoms with Gasteiger partial charge in [0.05, 0.1) is 12.2 Å². The van der Waals surface area contributed by atoms with Gasteiger partial charge in [0.1, 0.15) is 0 Å². The van der Waals surface area contributed by atoms with Gasteiger partial charge in [0.15, 0.2) is 0 Å². The van der Waals surface area contributed by atoms with E-state index < -0.39 is 0 Å². The summed E-state index contributed by atoms with van der Waals surface area (Å²) in [5.74, 6) is 3.20. The van der Waals surface area contributed by atoms with Crippen molar-refractivity contribution >= 4 is 0 Å². The fourth-order valence-electron chi connectivity index (χ4n) is 7.30. The zero-order valence-corrected chi connectivity index (χ0v) is 13.7. The molecule has 4 fully saturated rings. The Morgan fingerprint density at radius 3 is 2.29 bits per heavy atom. The van der Waals surface area contributed by atoms with Crippen LogP contribution in [0.2, 0.25) is 0 Å². The van der Waals surface area contributed by atoms with Crippen LogP contribution in [-0.4, -0.2) is 22.4 Å². The van der Waals surface area contributed by atoms with Crippen molar-refractivity contribution in [3.05, 3.63) is 0 Å². The molecule has 0 aromatic carbocycles. The number of hydrogen-bond acceptors (Lipinski definition) is 2. The van der Waals surface area contributed by atoms with Gasteiger partial charge in [-0.05, 0) is 92.3 Å². The fourth-order valence-corrected chi connectivity index (χ4v) is 7.30. The van der Waals surface area contributed by atoms with Crippen LogP contribution in [0.15, 0.2) is 0 Å². The molecule has 120 valence electrons. The van der Waals surface area contributed by atoms with Gasteiger partial charge < -0.3 is 10.2 Å². The first kappa shape index (κ1) is 14.5. The molecular formula is C19H32O2. The molecule has 2 N–H and O–H groups in total. The summed E-state index contributed by atoms with van der Waals surface area (Å²) in [4.78, 5) is 0. The first-order valence-corrected chi connectivity index (χ1v) is 9.31. The lowest BCUT2D eigenvalue weighted by Crippen LogP contribution is -2.54. The summed E-state index contributed by atoms with van der Waals surface area (Å²) in [6.45, 7) is 4.85. The van der Waals surface area contributed by atoms with Crippen molar-refractivity contribution in [1.82, 2.24) is 0 Å². The summed E-state index contributed by atoms with van der Waals surface area (Å²) < 4.78 is 0. The second kappa shape index (κ2) is 4.71. The summed E-state index contributed by atoms with van der Waals surface area (Å²) in [6.07, 6.45) is 10.7. The average Bonchev–Trinajstić information content (AvgIpc) is 2.74. The van der Waals surface area contributed by atoms with Crippen LogP contribution in [0.5, 0.6) is 0 Å². The molecule has 0 bridgehead atoms. The predicted octanol–water partition coefficient (Wildman–Crippen LogP) is 3.75. The standard InChI is InChI=1S/C19H32O2/c1-18-10-9-16-14(15(18)7-8-17(18)21)6-4-12-3-5-13(20)11-19(12,16)2/h12-17,20-21H,3-11H2,1-2H3/t12?,13?,14-,15-,16-,17?,18-,19-/m0/s1. The number of fused-ring (bicyclic) bond motifs is 5. The molecule has 2 nitrogen and oxygen atoms in total. The topological polar surface area (TPSA) is 40.5 Å². The second-order valence-electron chi connectivity index (χ2n) is 9.23. The quantitative estimate of drug-likeness (QED) is 0.714. The van der Waals surface area contributed by atoms with E-state index in [0.29, 0.717) is 5.41 Å². The predicted molar refractivity (Wildman–Crippen MR) is 83.7 cm³/mol. The van der Waals surface area contributed by atoms with E-state index in [1.165, 1.54) is 38.5 Å². The minimum atomic E-state index is -0.0640. The van der Waals surface area contributed by atoms with Crippen molar-refractivity contribution in [1.29, 1.82) is 0 Å². The molecule has 4 aliphatic carbocycles. The third kappa shape index (κ3) is 1.91. The maximum atomic E-state index is 10.5. The van der Waals surface area contributed by atoms with E-state index in [2.05, 4.69) is 13.8 Å². The van der Waals surface area contributed by atoms with Gasteiger partial charge in [-0.2, -0.15) is 0 Å². The number of aliphatic hydroxyl groups is 2. The monoisotopic (exact) mass is 292 g/mol. The highest BCUT2D eigenvalue weighted by Crippen LogP contribution is 2.66. The summed E-state index contributed by atoms with van der Waals surface area (Å²) in [7, 11) is 0. The maximum Gasteiger partial charge on any atom is 0.0596 e. The molecule has 4 rings (SSSR count). The summed E-state index contributed by atoms with van der Waals surface area (Å²) in [6, 6.07) is 0. The van der Waals surface area contributed by atoms with Crippen LogP contribution in [0.1, 0.15) is 71.6 Å². The van der Waals surface area contributed by atoms with Crippen LogP contribution >= 0.6 is 0 Å². The minimum Gasteiger partial charge on any atom is -0.393 e. The molecule has 4 aliphatic rings. The van der Waals surface area contributed by atoms with E-state index in [0.717, 1.165) is 42.9 Å². The summed E-state index contributed by atoms with van der Waals surface area (Å²) in [5.41, 5.74) is 0.563. The highest BCUT2D eigenvalue weighted by molar-refractivity contribution is 5.09. The van der Waals surface area contributed by atoms with Crippen LogP contribution in [0.4, 0.5) is 0 Å². The van der Waals surface area contributed by atoms with Crippen LogP contribution in [0, 0.1) is 34.5 Å². The molecule has 3 unspecified atom stereocenters. The molecule has 21 heavy (non-hydrogen) atoms. The lowest BCUT2D eigenvalue weighted by atomic mass is 9.45. The van der Waals surface area contributed by atoms with Crippen LogP contribution in [-0.2, 0) is 0 Å². The van der Waals surface area contributed by atoms with Crippen molar-refractivity contribution in [2.24, 2.45) is 34.5 Å². The van der Waals surface area contributed by atoms with Crippen LogP contribution in [0.25, 0.3) is 0 Å². The largest absolute Gasteiger partial charge is 0.393 e. The molecule has 0 amide bonds. The van der Waals surface area contributed by atoms with E-state index in [9.17, 15) is 10.2 Å². The highest BCUT2D eigenvalue weighted by Gasteiger charge is 2.60. The minimum absolute atomic E-state index is 0.0625. The Kier molecular flexibility index (Phi) is 3.25. The van der Waals surface area contributed by atoms with Gasteiger partial charge in [-0.25, -0.2) is 0 Å². The SMILES string of the molecule is C[C@]12CC(O)CCC1CC[C@@H]1[C@@H]2CC[C@]2(C)C(O)CC[C@@H]12. The van der Waals surface area contributed by atoms with Gasteiger partial charge >= 0.3 is 0 Å². The van der Waals surface area contributed by atoms with Gasteiger partial charge in [0.2, 0.25) is 0 Å². The Morgan fingerprint density at radius 1 is 0.762 bits per heavy atom. The van der Waals surface area contributed by atoms with Gasteiger partial charge in [0.25, 0.3) is 0 Å². The first-order chi connectivity index (χ1) is 9.95. The Bertz CT molecular complexity index is 422. The summed E-state index contributed by atoms with van der Waals surface area (Å²) in [5, 5.41) is 20.7. The van der Waals surface area contributed by atoms with E-state index in [1.807, 2.05) is 0 Å². The van der Waals surface area contributed by atoms with Crippen LogP contribution in [0.3, 0.4) is 0 Å². The van der Waals surface area contributed by atoms with Crippen molar-refractivity contribution in [2.75, 3.05) is 0 Å².